The summed E-state index contributed by atoms with van der Waals surface area (Å²) in [5, 5.41) is 0. The molecule has 0 aliphatic rings. The van der Waals surface area contributed by atoms with Gasteiger partial charge in [-0.25, -0.2) is 0 Å². The molecule has 19 heavy (non-hydrogen) atoms. The van der Waals surface area contributed by atoms with Crippen LogP contribution in [0.5, 0.6) is 5.75 Å². The lowest BCUT2D eigenvalue weighted by molar-refractivity contribution is 0.112. The zero-order chi connectivity index (χ0) is 14.4. The van der Waals surface area contributed by atoms with Crippen LogP contribution < -0.4 is 4.74 Å². The Balaban J connectivity index is 2.96. The highest BCUT2D eigenvalue weighted by Gasteiger charge is 2.14. The summed E-state index contributed by atoms with van der Waals surface area (Å²) in [4.78, 5) is 13.3. The molecule has 0 atom stereocenters. The lowest BCUT2D eigenvalue weighted by Gasteiger charge is -2.29. The summed E-state index contributed by atoms with van der Waals surface area (Å²) in [6, 6.07) is 6.04. The minimum absolute atomic E-state index is 0.465. The first-order valence-corrected chi connectivity index (χ1v) is 6.84. The average molecular weight is 263 g/mol. The summed E-state index contributed by atoms with van der Waals surface area (Å²) in [6.45, 7) is 10.7. The number of carbonyl (C=O) groups is 1. The molecule has 0 bridgehead atoms. The Hall–Kier alpha value is -1.35. The first-order chi connectivity index (χ1) is 8.97. The van der Waals surface area contributed by atoms with Crippen molar-refractivity contribution in [3.05, 3.63) is 29.3 Å². The number of benzene rings is 1. The van der Waals surface area contributed by atoms with Gasteiger partial charge in [0.2, 0.25) is 0 Å². The number of hydrogen-bond donors (Lipinski definition) is 0. The van der Waals surface area contributed by atoms with Crippen LogP contribution in [0.4, 0.5) is 0 Å². The Bertz CT molecular complexity index is 413. The third-order valence-electron chi connectivity index (χ3n) is 3.14. The van der Waals surface area contributed by atoms with Crippen LogP contribution in [-0.2, 0) is 6.54 Å². The van der Waals surface area contributed by atoms with E-state index in [0.717, 1.165) is 30.7 Å². The first-order valence-electron chi connectivity index (χ1n) is 6.84. The lowest BCUT2D eigenvalue weighted by Crippen LogP contribution is -2.33. The van der Waals surface area contributed by atoms with Crippen LogP contribution in [0.25, 0.3) is 0 Å². The van der Waals surface area contributed by atoms with Gasteiger partial charge in [0.05, 0.1) is 7.11 Å². The van der Waals surface area contributed by atoms with Gasteiger partial charge in [-0.05, 0) is 38.0 Å². The van der Waals surface area contributed by atoms with E-state index in [0.29, 0.717) is 17.5 Å². The Morgan fingerprint density at radius 1 is 1.26 bits per heavy atom. The van der Waals surface area contributed by atoms with Crippen LogP contribution >= 0.6 is 0 Å². The topological polar surface area (TPSA) is 29.5 Å². The number of hydrogen-bond acceptors (Lipinski definition) is 3. The van der Waals surface area contributed by atoms with E-state index in [4.69, 9.17) is 4.74 Å². The molecule has 1 aromatic rings. The van der Waals surface area contributed by atoms with E-state index in [2.05, 4.69) is 32.6 Å². The number of methoxy groups -OCH3 is 1. The van der Waals surface area contributed by atoms with Crippen molar-refractivity contribution in [3.63, 3.8) is 0 Å². The van der Waals surface area contributed by atoms with Crippen molar-refractivity contribution in [2.45, 2.75) is 40.3 Å². The maximum absolute atomic E-state index is 10.9. The fourth-order valence-corrected chi connectivity index (χ4v) is 2.14. The SMILES string of the molecule is COc1ccc(C=O)cc1CN(CC(C)C)C(C)C. The van der Waals surface area contributed by atoms with E-state index >= 15 is 0 Å². The minimum atomic E-state index is 0.465. The van der Waals surface area contributed by atoms with Crippen molar-refractivity contribution in [1.82, 2.24) is 4.90 Å². The van der Waals surface area contributed by atoms with Crippen molar-refractivity contribution >= 4 is 6.29 Å². The number of nitrogens with zero attached hydrogens (tertiary/aromatic N) is 1. The molecule has 0 unspecified atom stereocenters. The van der Waals surface area contributed by atoms with E-state index in [1.807, 2.05) is 12.1 Å². The molecule has 0 aliphatic carbocycles. The Labute approximate surface area is 116 Å². The molecule has 0 N–H and O–H groups in total. The van der Waals surface area contributed by atoms with Gasteiger partial charge in [0, 0.05) is 30.3 Å². The fraction of sp³-hybridized carbons (Fsp3) is 0.562. The zero-order valence-corrected chi connectivity index (χ0v) is 12.6. The quantitative estimate of drug-likeness (QED) is 0.706. The summed E-state index contributed by atoms with van der Waals surface area (Å²) in [5.41, 5.74) is 1.77. The van der Waals surface area contributed by atoms with Crippen LogP contribution in [0.3, 0.4) is 0 Å². The molecule has 0 radical (unpaired) electrons. The number of ether oxygens (including phenoxy) is 1. The third kappa shape index (κ3) is 4.67. The molecule has 0 heterocycles. The Morgan fingerprint density at radius 3 is 2.42 bits per heavy atom. The Kier molecular flexibility index (Phi) is 6.03. The second-order valence-electron chi connectivity index (χ2n) is 5.61. The zero-order valence-electron chi connectivity index (χ0n) is 12.6. The van der Waals surface area contributed by atoms with E-state index in [1.165, 1.54) is 0 Å². The molecule has 0 aromatic heterocycles. The van der Waals surface area contributed by atoms with Gasteiger partial charge in [0.1, 0.15) is 12.0 Å². The molecule has 0 amide bonds. The lowest BCUT2D eigenvalue weighted by atomic mass is 10.1. The normalized spacial score (nSPS) is 11.4. The predicted octanol–water partition coefficient (Wildman–Crippen LogP) is 3.37. The molecule has 0 saturated carbocycles. The molecule has 3 heteroatoms. The highest BCUT2D eigenvalue weighted by atomic mass is 16.5. The van der Waals surface area contributed by atoms with Gasteiger partial charge in [0.15, 0.2) is 0 Å². The Morgan fingerprint density at radius 2 is 1.95 bits per heavy atom. The van der Waals surface area contributed by atoms with Gasteiger partial charge < -0.3 is 4.74 Å². The van der Waals surface area contributed by atoms with Gasteiger partial charge in [-0.1, -0.05) is 13.8 Å². The van der Waals surface area contributed by atoms with Crippen molar-refractivity contribution in [3.8, 4) is 5.75 Å². The monoisotopic (exact) mass is 263 g/mol. The van der Waals surface area contributed by atoms with Crippen LogP contribution in [0.2, 0.25) is 0 Å². The van der Waals surface area contributed by atoms with Crippen molar-refractivity contribution in [2.24, 2.45) is 5.92 Å². The van der Waals surface area contributed by atoms with Gasteiger partial charge in [-0.2, -0.15) is 0 Å². The number of rotatable bonds is 7. The molecule has 1 aromatic carbocycles. The minimum Gasteiger partial charge on any atom is -0.496 e. The summed E-state index contributed by atoms with van der Waals surface area (Å²) >= 11 is 0. The van der Waals surface area contributed by atoms with Gasteiger partial charge >= 0.3 is 0 Å². The summed E-state index contributed by atoms with van der Waals surface area (Å²) in [6.07, 6.45) is 0.880. The van der Waals surface area contributed by atoms with E-state index in [-0.39, 0.29) is 0 Å². The molecule has 0 spiro atoms. The first kappa shape index (κ1) is 15.7. The van der Waals surface area contributed by atoms with Gasteiger partial charge in [-0.3, -0.25) is 9.69 Å². The van der Waals surface area contributed by atoms with Gasteiger partial charge in [-0.15, -0.1) is 0 Å². The average Bonchev–Trinajstić information content (AvgIpc) is 2.37. The molecular weight excluding hydrogens is 238 g/mol. The van der Waals surface area contributed by atoms with Crippen LogP contribution in [0.15, 0.2) is 18.2 Å². The molecule has 3 nitrogen and oxygen atoms in total. The largest absolute Gasteiger partial charge is 0.496 e. The smallest absolute Gasteiger partial charge is 0.150 e. The second kappa shape index (κ2) is 7.29. The predicted molar refractivity (Wildman–Crippen MR) is 78.8 cm³/mol. The van der Waals surface area contributed by atoms with Crippen LogP contribution in [-0.4, -0.2) is 30.9 Å². The summed E-state index contributed by atoms with van der Waals surface area (Å²) in [7, 11) is 1.67. The van der Waals surface area contributed by atoms with Crippen LogP contribution in [0, 0.1) is 5.92 Å². The fourth-order valence-electron chi connectivity index (χ4n) is 2.14. The molecule has 0 fully saturated rings. The van der Waals surface area contributed by atoms with Crippen molar-refractivity contribution in [1.29, 1.82) is 0 Å². The van der Waals surface area contributed by atoms with E-state index in [9.17, 15) is 4.79 Å². The number of carbonyl (C=O) groups excluding carboxylic acids is 1. The molecule has 1 rings (SSSR count). The molecule has 106 valence electrons. The van der Waals surface area contributed by atoms with E-state index < -0.39 is 0 Å². The van der Waals surface area contributed by atoms with Crippen LogP contribution in [0.1, 0.15) is 43.6 Å². The standard InChI is InChI=1S/C16H25NO2/c1-12(2)9-17(13(3)4)10-15-8-14(11-18)6-7-16(15)19-5/h6-8,11-13H,9-10H2,1-5H3. The van der Waals surface area contributed by atoms with Gasteiger partial charge in [0.25, 0.3) is 0 Å². The van der Waals surface area contributed by atoms with E-state index in [1.54, 1.807) is 13.2 Å². The molecular formula is C16H25NO2. The second-order valence-corrected chi connectivity index (χ2v) is 5.61. The maximum atomic E-state index is 10.9. The highest BCUT2D eigenvalue weighted by Crippen LogP contribution is 2.22. The summed E-state index contributed by atoms with van der Waals surface area (Å²) < 4.78 is 5.39. The maximum Gasteiger partial charge on any atom is 0.150 e. The third-order valence-corrected chi connectivity index (χ3v) is 3.14. The van der Waals surface area contributed by atoms with Crippen molar-refractivity contribution in [2.75, 3.05) is 13.7 Å². The highest BCUT2D eigenvalue weighted by molar-refractivity contribution is 5.75. The number of aldehydes is 1. The molecule has 0 aliphatic heterocycles. The molecule has 0 saturated heterocycles. The van der Waals surface area contributed by atoms with Crippen molar-refractivity contribution < 1.29 is 9.53 Å². The summed E-state index contributed by atoms with van der Waals surface area (Å²) in [5.74, 6) is 1.46.